The van der Waals surface area contributed by atoms with Crippen LogP contribution >= 0.6 is 23.2 Å². The molecule has 0 saturated heterocycles. The average Bonchev–Trinajstić information content (AvgIpc) is 1.97. The molecular weight excluding hydrogens is 191 g/mol. The number of rotatable bonds is 0. The van der Waals surface area contributed by atoms with Crippen molar-refractivity contribution in [3.63, 3.8) is 0 Å². The van der Waals surface area contributed by atoms with Gasteiger partial charge < -0.3 is 9.84 Å². The molecule has 3 nitrogen and oxygen atoms in total. The molecule has 0 radical (unpaired) electrons. The van der Waals surface area contributed by atoms with Crippen LogP contribution in [0.25, 0.3) is 0 Å². The number of aliphatic hydroxyl groups excluding tert-OH is 1. The molecule has 62 valence electrons. The molecular formula is C6H6Cl2O3. The number of carbonyl (C=O) groups excluding carboxylic acids is 1. The maximum absolute atomic E-state index is 11.0. The van der Waals surface area contributed by atoms with Gasteiger partial charge in [0.05, 0.1) is 5.03 Å². The monoisotopic (exact) mass is 196 g/mol. The third-order valence-corrected chi connectivity index (χ3v) is 2.21. The third-order valence-electron chi connectivity index (χ3n) is 1.35. The molecule has 1 rings (SSSR count). The van der Waals surface area contributed by atoms with E-state index in [0.29, 0.717) is 0 Å². The predicted octanol–water partition coefficient (Wildman–Crippen LogP) is 0.982. The molecule has 2 atom stereocenters. The van der Waals surface area contributed by atoms with Gasteiger partial charge in [-0.3, -0.25) is 4.79 Å². The number of Topliss-reactive ketones (excluding diaryl/α,β-unsaturated/α-hetero) is 1. The van der Waals surface area contributed by atoms with Gasteiger partial charge in [0.2, 0.25) is 5.78 Å². The standard InChI is InChI=1S/C6H6Cl2O3/c1-2-5(9)3(7)4(8)6(10)11-2/h2,6,10H,1H3/t2-,6-/m0/s1. The van der Waals surface area contributed by atoms with E-state index in [1.807, 2.05) is 0 Å². The second-order valence-corrected chi connectivity index (χ2v) is 2.94. The number of ketones is 1. The van der Waals surface area contributed by atoms with E-state index >= 15 is 0 Å². The zero-order valence-corrected chi connectivity index (χ0v) is 7.19. The molecule has 1 aliphatic heterocycles. The topological polar surface area (TPSA) is 46.5 Å². The summed E-state index contributed by atoms with van der Waals surface area (Å²) in [5, 5.41) is 8.70. The molecule has 0 unspecified atom stereocenters. The number of hydrogen-bond donors (Lipinski definition) is 1. The zero-order chi connectivity index (χ0) is 8.59. The maximum Gasteiger partial charge on any atom is 0.204 e. The second-order valence-electron chi connectivity index (χ2n) is 2.16. The minimum atomic E-state index is -1.27. The van der Waals surface area contributed by atoms with Gasteiger partial charge in [0.25, 0.3) is 0 Å². The van der Waals surface area contributed by atoms with Gasteiger partial charge in [-0.05, 0) is 6.92 Å². The molecule has 0 amide bonds. The van der Waals surface area contributed by atoms with Gasteiger partial charge in [-0.15, -0.1) is 0 Å². The molecule has 0 aromatic rings. The highest BCUT2D eigenvalue weighted by Gasteiger charge is 2.31. The molecule has 0 bridgehead atoms. The van der Waals surface area contributed by atoms with Crippen molar-refractivity contribution in [2.45, 2.75) is 19.3 Å². The molecule has 0 aliphatic carbocycles. The average molecular weight is 197 g/mol. The van der Waals surface area contributed by atoms with E-state index in [2.05, 4.69) is 0 Å². The summed E-state index contributed by atoms with van der Waals surface area (Å²) in [4.78, 5) is 11.0. The minimum absolute atomic E-state index is 0.141. The van der Waals surface area contributed by atoms with Crippen LogP contribution in [0.2, 0.25) is 0 Å². The van der Waals surface area contributed by atoms with Crippen molar-refractivity contribution in [2.75, 3.05) is 0 Å². The first-order chi connectivity index (χ1) is 5.04. The Morgan fingerprint density at radius 2 is 2.09 bits per heavy atom. The SMILES string of the molecule is C[C@@H]1O[C@H](O)C(Cl)=C(Cl)C1=O. The molecule has 5 heteroatoms. The summed E-state index contributed by atoms with van der Waals surface area (Å²) >= 11 is 10.9. The van der Waals surface area contributed by atoms with Crippen molar-refractivity contribution in [3.8, 4) is 0 Å². The lowest BCUT2D eigenvalue weighted by Gasteiger charge is -2.22. The summed E-state index contributed by atoms with van der Waals surface area (Å²) in [6.45, 7) is 1.50. The lowest BCUT2D eigenvalue weighted by molar-refractivity contribution is -0.146. The highest BCUT2D eigenvalue weighted by atomic mass is 35.5. The molecule has 11 heavy (non-hydrogen) atoms. The lowest BCUT2D eigenvalue weighted by atomic mass is 10.2. The van der Waals surface area contributed by atoms with Gasteiger partial charge in [-0.2, -0.15) is 0 Å². The quantitative estimate of drug-likeness (QED) is 0.629. The van der Waals surface area contributed by atoms with Gasteiger partial charge in [-0.1, -0.05) is 23.2 Å². The first kappa shape index (κ1) is 9.00. The number of ether oxygens (including phenoxy) is 1. The van der Waals surface area contributed by atoms with E-state index in [0.717, 1.165) is 0 Å². The highest BCUT2D eigenvalue weighted by Crippen LogP contribution is 2.26. The number of hydrogen-bond acceptors (Lipinski definition) is 3. The summed E-state index contributed by atoms with van der Waals surface area (Å²) in [6.07, 6.45) is -1.99. The summed E-state index contributed by atoms with van der Waals surface area (Å²) in [6, 6.07) is 0. The normalized spacial score (nSPS) is 32.9. The molecule has 0 aromatic heterocycles. The Morgan fingerprint density at radius 1 is 1.55 bits per heavy atom. The van der Waals surface area contributed by atoms with E-state index in [1.165, 1.54) is 6.92 Å². The van der Waals surface area contributed by atoms with E-state index < -0.39 is 18.2 Å². The second kappa shape index (κ2) is 3.11. The van der Waals surface area contributed by atoms with Crippen LogP contribution < -0.4 is 0 Å². The summed E-state index contributed by atoms with van der Waals surface area (Å²) in [7, 11) is 0. The molecule has 1 aliphatic rings. The molecule has 1 N–H and O–H groups in total. The van der Waals surface area contributed by atoms with Crippen LogP contribution in [-0.4, -0.2) is 23.3 Å². The van der Waals surface area contributed by atoms with Crippen LogP contribution in [0, 0.1) is 0 Å². The minimum Gasteiger partial charge on any atom is -0.363 e. The third kappa shape index (κ3) is 1.56. The summed E-state index contributed by atoms with van der Waals surface area (Å²) < 4.78 is 4.71. The van der Waals surface area contributed by atoms with Crippen molar-refractivity contribution >= 4 is 29.0 Å². The van der Waals surface area contributed by atoms with Crippen LogP contribution in [0.3, 0.4) is 0 Å². The van der Waals surface area contributed by atoms with Crippen LogP contribution in [0.1, 0.15) is 6.92 Å². The van der Waals surface area contributed by atoms with E-state index in [9.17, 15) is 4.79 Å². The number of halogens is 2. The van der Waals surface area contributed by atoms with Gasteiger partial charge in [0.1, 0.15) is 11.1 Å². The molecule has 1 heterocycles. The van der Waals surface area contributed by atoms with Crippen LogP contribution in [0.15, 0.2) is 10.1 Å². The largest absolute Gasteiger partial charge is 0.363 e. The molecule has 0 aromatic carbocycles. The first-order valence-electron chi connectivity index (χ1n) is 2.97. The Balaban J connectivity index is 2.98. The fourth-order valence-electron chi connectivity index (χ4n) is 0.719. The van der Waals surface area contributed by atoms with Crippen molar-refractivity contribution in [1.29, 1.82) is 0 Å². The predicted molar refractivity (Wildman–Crippen MR) is 40.3 cm³/mol. The fourth-order valence-corrected chi connectivity index (χ4v) is 1.11. The van der Waals surface area contributed by atoms with Crippen molar-refractivity contribution in [2.24, 2.45) is 0 Å². The Hall–Kier alpha value is -0.0900. The number of aliphatic hydroxyl groups is 1. The van der Waals surface area contributed by atoms with Gasteiger partial charge in [0, 0.05) is 0 Å². The Kier molecular flexibility index (Phi) is 2.54. The van der Waals surface area contributed by atoms with E-state index in [-0.39, 0.29) is 10.1 Å². The number of carbonyl (C=O) groups is 1. The van der Waals surface area contributed by atoms with Crippen molar-refractivity contribution in [1.82, 2.24) is 0 Å². The highest BCUT2D eigenvalue weighted by molar-refractivity contribution is 6.49. The van der Waals surface area contributed by atoms with E-state index in [1.54, 1.807) is 0 Å². The van der Waals surface area contributed by atoms with Crippen LogP contribution in [-0.2, 0) is 9.53 Å². The maximum atomic E-state index is 11.0. The van der Waals surface area contributed by atoms with Crippen molar-refractivity contribution in [3.05, 3.63) is 10.1 Å². The van der Waals surface area contributed by atoms with Crippen molar-refractivity contribution < 1.29 is 14.6 Å². The fraction of sp³-hybridized carbons (Fsp3) is 0.500. The molecule has 0 spiro atoms. The molecule has 0 fully saturated rings. The summed E-state index contributed by atoms with van der Waals surface area (Å²) in [5.41, 5.74) is 0. The molecule has 0 saturated carbocycles. The smallest absolute Gasteiger partial charge is 0.204 e. The van der Waals surface area contributed by atoms with E-state index in [4.69, 9.17) is 33.0 Å². The van der Waals surface area contributed by atoms with Gasteiger partial charge >= 0.3 is 0 Å². The first-order valence-corrected chi connectivity index (χ1v) is 3.72. The Labute approximate surface area is 73.5 Å². The van der Waals surface area contributed by atoms with Gasteiger partial charge in [-0.25, -0.2) is 0 Å². The zero-order valence-electron chi connectivity index (χ0n) is 5.67. The lowest BCUT2D eigenvalue weighted by Crippen LogP contribution is -2.33. The van der Waals surface area contributed by atoms with Crippen LogP contribution in [0.5, 0.6) is 0 Å². The van der Waals surface area contributed by atoms with Crippen LogP contribution in [0.4, 0.5) is 0 Å². The summed E-state index contributed by atoms with van der Waals surface area (Å²) in [5.74, 6) is -0.401. The van der Waals surface area contributed by atoms with Gasteiger partial charge in [0.15, 0.2) is 6.29 Å². The Bertz CT molecular complexity index is 224. The Morgan fingerprint density at radius 3 is 2.64 bits per heavy atom.